The third-order valence-corrected chi connectivity index (χ3v) is 5.05. The van der Waals surface area contributed by atoms with Crippen LogP contribution in [0.1, 0.15) is 24.8 Å². The molecule has 0 fully saturated rings. The van der Waals surface area contributed by atoms with Gasteiger partial charge >= 0.3 is 5.97 Å². The maximum Gasteiger partial charge on any atom is 0.326 e. The first-order valence-electron chi connectivity index (χ1n) is 11.3. The molecule has 1 rings (SSSR count). The Morgan fingerprint density at radius 3 is 1.97 bits per heavy atom. The molecule has 0 aliphatic rings. The molecule has 4 amide bonds. The number of aliphatic imine (C=N–C) groups is 1. The van der Waals surface area contributed by atoms with Gasteiger partial charge in [-0.05, 0) is 18.4 Å². The molecule has 0 aliphatic carbocycles. The smallest absolute Gasteiger partial charge is 0.326 e. The van der Waals surface area contributed by atoms with Crippen LogP contribution in [-0.4, -0.2) is 83.1 Å². The summed E-state index contributed by atoms with van der Waals surface area (Å²) < 4.78 is 0. The Bertz CT molecular complexity index is 969. The average Bonchev–Trinajstić information content (AvgIpc) is 2.84. The van der Waals surface area contributed by atoms with Gasteiger partial charge in [0.05, 0.1) is 13.0 Å². The molecule has 15 nitrogen and oxygen atoms in total. The molecule has 0 radical (unpaired) electrons. The zero-order valence-corrected chi connectivity index (χ0v) is 20.1. The summed E-state index contributed by atoms with van der Waals surface area (Å²) in [4.78, 5) is 65.0. The van der Waals surface area contributed by atoms with Crippen molar-refractivity contribution in [2.45, 2.75) is 49.9 Å². The molecule has 0 spiro atoms. The van der Waals surface area contributed by atoms with Crippen LogP contribution in [0.4, 0.5) is 0 Å². The fourth-order valence-corrected chi connectivity index (χ4v) is 3.14. The van der Waals surface area contributed by atoms with Crippen LogP contribution in [0.5, 0.6) is 0 Å². The Kier molecular flexibility index (Phi) is 13.1. The fourth-order valence-electron chi connectivity index (χ4n) is 3.14. The van der Waals surface area contributed by atoms with E-state index in [9.17, 15) is 29.1 Å². The van der Waals surface area contributed by atoms with E-state index < -0.39 is 66.8 Å². The van der Waals surface area contributed by atoms with Crippen molar-refractivity contribution in [3.8, 4) is 0 Å². The van der Waals surface area contributed by atoms with Gasteiger partial charge in [-0.2, -0.15) is 0 Å². The number of hydrogen-bond acceptors (Lipinski definition) is 8. The highest BCUT2D eigenvalue weighted by Gasteiger charge is 2.31. The summed E-state index contributed by atoms with van der Waals surface area (Å²) in [6.45, 7) is -0.563. The van der Waals surface area contributed by atoms with Gasteiger partial charge in [-0.15, -0.1) is 0 Å². The number of carbonyl (C=O) groups excluding carboxylic acids is 4. The van der Waals surface area contributed by atoms with Crippen LogP contribution in [0.25, 0.3) is 0 Å². The molecule has 13 N–H and O–H groups in total. The van der Waals surface area contributed by atoms with Gasteiger partial charge in [0.15, 0.2) is 5.96 Å². The first kappa shape index (κ1) is 30.8. The second kappa shape index (κ2) is 15.7. The summed E-state index contributed by atoms with van der Waals surface area (Å²) in [6, 6.07) is 3.11. The Labute approximate surface area is 213 Å². The molecule has 0 saturated carbocycles. The molecule has 4 atom stereocenters. The van der Waals surface area contributed by atoms with E-state index in [1.807, 2.05) is 0 Å². The number of rotatable bonds is 16. The largest absolute Gasteiger partial charge is 0.480 e. The third-order valence-electron chi connectivity index (χ3n) is 5.05. The van der Waals surface area contributed by atoms with E-state index in [1.165, 1.54) is 0 Å². The molecule has 37 heavy (non-hydrogen) atoms. The molecule has 4 unspecified atom stereocenters. The third kappa shape index (κ3) is 11.8. The monoisotopic (exact) mass is 522 g/mol. The van der Waals surface area contributed by atoms with Gasteiger partial charge in [-0.3, -0.25) is 24.2 Å². The number of primary amides is 1. The van der Waals surface area contributed by atoms with Crippen molar-refractivity contribution in [2.24, 2.45) is 27.9 Å². The molecule has 0 aliphatic heterocycles. The highest BCUT2D eigenvalue weighted by Crippen LogP contribution is 2.07. The number of guanidine groups is 1. The summed E-state index contributed by atoms with van der Waals surface area (Å²) in [5.41, 5.74) is 21.8. The SMILES string of the molecule is NC(=O)CC(NC(=O)C(N)CO)C(=O)NC(Cc1ccccc1)C(=O)NC(CCCN=C(N)N)C(=O)O. The Balaban J connectivity index is 3.08. The Morgan fingerprint density at radius 2 is 1.43 bits per heavy atom. The highest BCUT2D eigenvalue weighted by molar-refractivity contribution is 5.96. The minimum Gasteiger partial charge on any atom is -0.480 e. The number of nitrogens with zero attached hydrogens (tertiary/aromatic N) is 1. The number of carboxylic acid groups (broad SMARTS) is 1. The van der Waals surface area contributed by atoms with Crippen molar-refractivity contribution in [3.05, 3.63) is 35.9 Å². The predicted octanol–water partition coefficient (Wildman–Crippen LogP) is -3.98. The quantitative estimate of drug-likeness (QED) is 0.0576. The van der Waals surface area contributed by atoms with E-state index in [4.69, 9.17) is 28.0 Å². The molecular weight excluding hydrogens is 488 g/mol. The van der Waals surface area contributed by atoms with Crippen LogP contribution < -0.4 is 38.9 Å². The second-order valence-electron chi connectivity index (χ2n) is 8.12. The zero-order chi connectivity index (χ0) is 28.0. The van der Waals surface area contributed by atoms with Gasteiger partial charge in [0.25, 0.3) is 0 Å². The van der Waals surface area contributed by atoms with Crippen LogP contribution in [0.15, 0.2) is 35.3 Å². The van der Waals surface area contributed by atoms with E-state index in [-0.39, 0.29) is 31.8 Å². The summed E-state index contributed by atoms with van der Waals surface area (Å²) in [5.74, 6) is -5.05. The summed E-state index contributed by atoms with van der Waals surface area (Å²) >= 11 is 0. The van der Waals surface area contributed by atoms with Gasteiger partial charge in [-0.25, -0.2) is 4.79 Å². The number of hydrogen-bond donors (Lipinski definition) is 9. The van der Waals surface area contributed by atoms with Crippen LogP contribution >= 0.6 is 0 Å². The minimum absolute atomic E-state index is 0.00324. The van der Waals surface area contributed by atoms with Crippen molar-refractivity contribution >= 4 is 35.6 Å². The van der Waals surface area contributed by atoms with Crippen molar-refractivity contribution in [1.82, 2.24) is 16.0 Å². The molecule has 204 valence electrons. The number of benzene rings is 1. The molecule has 1 aromatic rings. The first-order chi connectivity index (χ1) is 17.4. The number of aliphatic hydroxyl groups is 1. The number of carbonyl (C=O) groups is 5. The van der Waals surface area contributed by atoms with E-state index in [0.29, 0.717) is 5.56 Å². The second-order valence-corrected chi connectivity index (χ2v) is 8.12. The maximum atomic E-state index is 13.1. The summed E-state index contributed by atoms with van der Waals surface area (Å²) in [7, 11) is 0. The van der Waals surface area contributed by atoms with Crippen LogP contribution in [0.2, 0.25) is 0 Å². The molecule has 15 heteroatoms. The van der Waals surface area contributed by atoms with E-state index in [0.717, 1.165) is 0 Å². The zero-order valence-electron chi connectivity index (χ0n) is 20.1. The molecule has 1 aromatic carbocycles. The number of amides is 4. The van der Waals surface area contributed by atoms with Crippen molar-refractivity contribution in [1.29, 1.82) is 0 Å². The standard InChI is InChI=1S/C22H34N8O7/c23-13(11-31)18(33)29-16(10-17(24)32)20(35)30-15(9-12-5-2-1-3-6-12)19(34)28-14(21(36)37)7-4-8-27-22(25)26/h1-3,5-6,13-16,31H,4,7-11,23H2,(H2,24,32)(H,28,34)(H,29,33)(H,30,35)(H,36,37)(H4,25,26,27). The van der Waals surface area contributed by atoms with Crippen LogP contribution in [0.3, 0.4) is 0 Å². The van der Waals surface area contributed by atoms with E-state index >= 15 is 0 Å². The maximum absolute atomic E-state index is 13.1. The summed E-state index contributed by atoms with van der Waals surface area (Å²) in [6.07, 6.45) is -0.393. The number of nitrogens with one attached hydrogen (secondary N) is 3. The Hall–Kier alpha value is -4.24. The normalized spacial score (nSPS) is 13.8. The highest BCUT2D eigenvalue weighted by atomic mass is 16.4. The van der Waals surface area contributed by atoms with E-state index in [2.05, 4.69) is 20.9 Å². The van der Waals surface area contributed by atoms with Gasteiger partial charge in [-0.1, -0.05) is 30.3 Å². The first-order valence-corrected chi connectivity index (χ1v) is 11.3. The van der Waals surface area contributed by atoms with Gasteiger partial charge in [0.2, 0.25) is 23.6 Å². The molecule has 0 saturated heterocycles. The minimum atomic E-state index is -1.50. The van der Waals surface area contributed by atoms with Gasteiger partial charge < -0.3 is 49.1 Å². The molecule has 0 heterocycles. The average molecular weight is 523 g/mol. The topological polar surface area (TPSA) is 278 Å². The molecule has 0 aromatic heterocycles. The lowest BCUT2D eigenvalue weighted by Crippen LogP contribution is -2.58. The predicted molar refractivity (Wildman–Crippen MR) is 132 cm³/mol. The number of carboxylic acids is 1. The van der Waals surface area contributed by atoms with Crippen molar-refractivity contribution < 1.29 is 34.2 Å². The summed E-state index contributed by atoms with van der Waals surface area (Å²) in [5, 5.41) is 25.6. The lowest BCUT2D eigenvalue weighted by Gasteiger charge is -2.25. The van der Waals surface area contributed by atoms with Crippen LogP contribution in [-0.2, 0) is 30.4 Å². The fraction of sp³-hybridized carbons (Fsp3) is 0.455. The Morgan fingerprint density at radius 1 is 0.865 bits per heavy atom. The van der Waals surface area contributed by atoms with Crippen molar-refractivity contribution in [2.75, 3.05) is 13.2 Å². The lowest BCUT2D eigenvalue weighted by atomic mass is 10.0. The number of nitrogens with two attached hydrogens (primary N) is 4. The lowest BCUT2D eigenvalue weighted by molar-refractivity contribution is -0.142. The molecular formula is C22H34N8O7. The van der Waals surface area contributed by atoms with E-state index in [1.54, 1.807) is 30.3 Å². The van der Waals surface area contributed by atoms with Crippen LogP contribution in [0, 0.1) is 0 Å². The van der Waals surface area contributed by atoms with Crippen molar-refractivity contribution in [3.63, 3.8) is 0 Å². The van der Waals surface area contributed by atoms with Gasteiger partial charge in [0, 0.05) is 13.0 Å². The molecule has 0 bridgehead atoms. The van der Waals surface area contributed by atoms with Gasteiger partial charge in [0.1, 0.15) is 24.2 Å². The number of aliphatic carboxylic acids is 1. The number of aliphatic hydroxyl groups excluding tert-OH is 1.